The maximum atomic E-state index is 13.0. The van der Waals surface area contributed by atoms with Gasteiger partial charge in [-0.15, -0.1) is 0 Å². The normalized spacial score (nSPS) is 26.1. The van der Waals surface area contributed by atoms with Gasteiger partial charge in [-0.25, -0.2) is 4.39 Å². The monoisotopic (exact) mass is 209 g/mol. The van der Waals surface area contributed by atoms with Crippen molar-refractivity contribution in [1.29, 1.82) is 0 Å². The van der Waals surface area contributed by atoms with Gasteiger partial charge in [-0.3, -0.25) is 5.32 Å². The van der Waals surface area contributed by atoms with Crippen molar-refractivity contribution in [3.63, 3.8) is 0 Å². The van der Waals surface area contributed by atoms with E-state index in [0.717, 1.165) is 12.1 Å². The number of nitrogens with one attached hydrogen (secondary N) is 1. The van der Waals surface area contributed by atoms with Crippen molar-refractivity contribution in [2.75, 3.05) is 6.54 Å². The largest absolute Gasteiger partial charge is 0.354 e. The Morgan fingerprint density at radius 2 is 2.27 bits per heavy atom. The Kier molecular flexibility index (Phi) is 3.03. The Morgan fingerprint density at radius 1 is 1.47 bits per heavy atom. The zero-order chi connectivity index (χ0) is 10.8. The molecule has 1 aromatic rings. The van der Waals surface area contributed by atoms with E-state index in [1.807, 2.05) is 6.07 Å². The molecule has 0 aromatic heterocycles. The lowest BCUT2D eigenvalue weighted by Crippen LogP contribution is -2.27. The van der Waals surface area contributed by atoms with E-state index in [2.05, 4.69) is 19.2 Å². The molecule has 1 aromatic carbocycles. The molecule has 0 bridgehead atoms. The lowest BCUT2D eigenvalue weighted by molar-refractivity contribution is 0.0135. The van der Waals surface area contributed by atoms with Crippen LogP contribution in [0.5, 0.6) is 0 Å². The standard InChI is InChI=1S/C12H16FNO/c1-8(2)12-14-7-11(15-12)9-4-3-5-10(13)6-9/h3-6,8,11-12,14H,7H2,1-2H3. The molecule has 2 unspecified atom stereocenters. The summed E-state index contributed by atoms with van der Waals surface area (Å²) in [5, 5.41) is 3.28. The van der Waals surface area contributed by atoms with E-state index < -0.39 is 0 Å². The van der Waals surface area contributed by atoms with E-state index in [-0.39, 0.29) is 18.1 Å². The van der Waals surface area contributed by atoms with Crippen LogP contribution >= 0.6 is 0 Å². The molecule has 1 aliphatic rings. The van der Waals surface area contributed by atoms with Gasteiger partial charge in [-0.1, -0.05) is 26.0 Å². The summed E-state index contributed by atoms with van der Waals surface area (Å²) in [6.45, 7) is 4.96. The van der Waals surface area contributed by atoms with Gasteiger partial charge in [0.25, 0.3) is 0 Å². The molecule has 82 valence electrons. The van der Waals surface area contributed by atoms with E-state index in [9.17, 15) is 4.39 Å². The Morgan fingerprint density at radius 3 is 2.87 bits per heavy atom. The van der Waals surface area contributed by atoms with Gasteiger partial charge in [0.05, 0.1) is 6.10 Å². The van der Waals surface area contributed by atoms with Gasteiger partial charge in [0.2, 0.25) is 0 Å². The molecule has 0 saturated carbocycles. The predicted octanol–water partition coefficient (Wildman–Crippen LogP) is 2.47. The Bertz CT molecular complexity index is 340. The maximum Gasteiger partial charge on any atom is 0.123 e. The molecule has 2 nitrogen and oxygen atoms in total. The van der Waals surface area contributed by atoms with Crippen LogP contribution in [-0.4, -0.2) is 12.8 Å². The third-order valence-electron chi connectivity index (χ3n) is 2.64. The van der Waals surface area contributed by atoms with Crippen molar-refractivity contribution in [1.82, 2.24) is 5.32 Å². The fraction of sp³-hybridized carbons (Fsp3) is 0.500. The molecule has 0 radical (unpaired) electrons. The summed E-state index contributed by atoms with van der Waals surface area (Å²) in [7, 11) is 0. The summed E-state index contributed by atoms with van der Waals surface area (Å²) >= 11 is 0. The molecule has 1 fully saturated rings. The quantitative estimate of drug-likeness (QED) is 0.808. The molecule has 1 heterocycles. The molecule has 1 aliphatic heterocycles. The van der Waals surface area contributed by atoms with Crippen LogP contribution in [0.2, 0.25) is 0 Å². The third-order valence-corrected chi connectivity index (χ3v) is 2.64. The maximum absolute atomic E-state index is 13.0. The van der Waals surface area contributed by atoms with Crippen LogP contribution in [0.15, 0.2) is 24.3 Å². The number of benzene rings is 1. The molecule has 0 spiro atoms. The van der Waals surface area contributed by atoms with Crippen LogP contribution < -0.4 is 5.32 Å². The molecule has 0 amide bonds. The number of rotatable bonds is 2. The van der Waals surface area contributed by atoms with E-state index in [1.54, 1.807) is 6.07 Å². The van der Waals surface area contributed by atoms with E-state index in [0.29, 0.717) is 5.92 Å². The summed E-state index contributed by atoms with van der Waals surface area (Å²) in [5.41, 5.74) is 0.908. The fourth-order valence-electron chi connectivity index (χ4n) is 1.79. The number of hydrogen-bond donors (Lipinski definition) is 1. The van der Waals surface area contributed by atoms with E-state index in [4.69, 9.17) is 4.74 Å². The highest BCUT2D eigenvalue weighted by Gasteiger charge is 2.27. The first kappa shape index (κ1) is 10.6. The molecule has 2 rings (SSSR count). The Hall–Kier alpha value is -0.930. The Labute approximate surface area is 89.4 Å². The second-order valence-electron chi connectivity index (χ2n) is 4.25. The summed E-state index contributed by atoms with van der Waals surface area (Å²) in [6, 6.07) is 6.61. The fourth-order valence-corrected chi connectivity index (χ4v) is 1.79. The zero-order valence-electron chi connectivity index (χ0n) is 9.03. The summed E-state index contributed by atoms with van der Waals surface area (Å²) < 4.78 is 18.8. The van der Waals surface area contributed by atoms with Crippen molar-refractivity contribution in [2.45, 2.75) is 26.2 Å². The van der Waals surface area contributed by atoms with E-state index in [1.165, 1.54) is 12.1 Å². The minimum Gasteiger partial charge on any atom is -0.354 e. The van der Waals surface area contributed by atoms with Gasteiger partial charge in [-0.05, 0) is 23.6 Å². The van der Waals surface area contributed by atoms with Gasteiger partial charge in [0, 0.05) is 6.54 Å². The van der Waals surface area contributed by atoms with Crippen LogP contribution in [0.3, 0.4) is 0 Å². The summed E-state index contributed by atoms with van der Waals surface area (Å²) in [5.74, 6) is 0.229. The van der Waals surface area contributed by atoms with Gasteiger partial charge in [0.15, 0.2) is 0 Å². The lowest BCUT2D eigenvalue weighted by atomic mass is 10.1. The third kappa shape index (κ3) is 2.36. The molecule has 1 N–H and O–H groups in total. The van der Waals surface area contributed by atoms with Crippen molar-refractivity contribution in [2.24, 2.45) is 5.92 Å². The van der Waals surface area contributed by atoms with Crippen LogP contribution in [0, 0.1) is 11.7 Å². The highest BCUT2D eigenvalue weighted by atomic mass is 19.1. The van der Waals surface area contributed by atoms with Crippen LogP contribution in [0.4, 0.5) is 4.39 Å². The van der Waals surface area contributed by atoms with E-state index >= 15 is 0 Å². The number of hydrogen-bond acceptors (Lipinski definition) is 2. The SMILES string of the molecule is CC(C)C1NCC(c2cccc(F)c2)O1. The van der Waals surface area contributed by atoms with Gasteiger partial charge < -0.3 is 4.74 Å². The molecule has 2 atom stereocenters. The highest BCUT2D eigenvalue weighted by molar-refractivity contribution is 5.20. The minimum atomic E-state index is -0.205. The zero-order valence-corrected chi connectivity index (χ0v) is 9.03. The molecular formula is C12H16FNO. The van der Waals surface area contributed by atoms with Crippen molar-refractivity contribution in [3.8, 4) is 0 Å². The molecular weight excluding hydrogens is 193 g/mol. The first-order chi connectivity index (χ1) is 7.16. The van der Waals surface area contributed by atoms with Crippen LogP contribution in [0.1, 0.15) is 25.5 Å². The lowest BCUT2D eigenvalue weighted by Gasteiger charge is -2.15. The first-order valence-corrected chi connectivity index (χ1v) is 5.31. The van der Waals surface area contributed by atoms with Crippen LogP contribution in [0.25, 0.3) is 0 Å². The first-order valence-electron chi connectivity index (χ1n) is 5.31. The topological polar surface area (TPSA) is 21.3 Å². The second-order valence-corrected chi connectivity index (χ2v) is 4.25. The van der Waals surface area contributed by atoms with Crippen LogP contribution in [-0.2, 0) is 4.74 Å². The van der Waals surface area contributed by atoms with Crippen molar-refractivity contribution >= 4 is 0 Å². The van der Waals surface area contributed by atoms with Crippen molar-refractivity contribution < 1.29 is 9.13 Å². The summed E-state index contributed by atoms with van der Waals surface area (Å²) in [4.78, 5) is 0. The van der Waals surface area contributed by atoms with Crippen molar-refractivity contribution in [3.05, 3.63) is 35.6 Å². The van der Waals surface area contributed by atoms with Gasteiger partial charge >= 0.3 is 0 Å². The number of halogens is 1. The minimum absolute atomic E-state index is 0.0203. The molecule has 3 heteroatoms. The van der Waals surface area contributed by atoms with Gasteiger partial charge in [0.1, 0.15) is 12.0 Å². The molecule has 0 aliphatic carbocycles. The summed E-state index contributed by atoms with van der Waals surface area (Å²) in [6.07, 6.45) is 0.0615. The predicted molar refractivity (Wildman–Crippen MR) is 56.9 cm³/mol. The number of ether oxygens (including phenoxy) is 1. The van der Waals surface area contributed by atoms with Gasteiger partial charge in [-0.2, -0.15) is 0 Å². The Balaban J connectivity index is 2.08. The second kappa shape index (κ2) is 4.29. The molecule has 15 heavy (non-hydrogen) atoms. The highest BCUT2D eigenvalue weighted by Crippen LogP contribution is 2.25. The molecule has 1 saturated heterocycles. The average molecular weight is 209 g/mol. The average Bonchev–Trinajstić information content (AvgIpc) is 2.66. The smallest absolute Gasteiger partial charge is 0.123 e.